The van der Waals surface area contributed by atoms with Crippen molar-refractivity contribution in [3.05, 3.63) is 16.8 Å². The normalized spacial score (nSPS) is 14.6. The van der Waals surface area contributed by atoms with Gasteiger partial charge in [-0.05, 0) is 37.0 Å². The Morgan fingerprint density at radius 3 is 3.19 bits per heavy atom. The average Bonchev–Trinajstić information content (AvgIpc) is 2.85. The summed E-state index contributed by atoms with van der Waals surface area (Å²) in [5.41, 5.74) is 1.54. The molecule has 1 aliphatic carbocycles. The minimum atomic E-state index is 1.15. The Morgan fingerprint density at radius 1 is 1.38 bits per heavy atom. The standard InChI is InChI=1S/C12H14N2S2/c1-2-6-15-11-10-8-4-3-5-9(8)16-12(10)14-7-13-11/h7H,2-6H2,1H3. The van der Waals surface area contributed by atoms with Crippen LogP contribution in [0.4, 0.5) is 0 Å². The lowest BCUT2D eigenvalue weighted by molar-refractivity contribution is 0.915. The fourth-order valence-electron chi connectivity index (χ4n) is 2.21. The monoisotopic (exact) mass is 250 g/mol. The summed E-state index contributed by atoms with van der Waals surface area (Å²) in [6.45, 7) is 2.21. The van der Waals surface area contributed by atoms with Crippen LogP contribution in [-0.2, 0) is 12.8 Å². The lowest BCUT2D eigenvalue weighted by atomic mass is 10.2. The maximum Gasteiger partial charge on any atom is 0.128 e. The Balaban J connectivity index is 2.13. The second-order valence-corrected chi connectivity index (χ2v) is 6.23. The summed E-state index contributed by atoms with van der Waals surface area (Å²) in [6.07, 6.45) is 6.69. The number of hydrogen-bond donors (Lipinski definition) is 0. The van der Waals surface area contributed by atoms with Gasteiger partial charge in [0.05, 0.1) is 0 Å². The van der Waals surface area contributed by atoms with Crippen molar-refractivity contribution in [2.45, 2.75) is 37.6 Å². The number of aromatic nitrogens is 2. The molecule has 0 atom stereocenters. The first kappa shape index (κ1) is 10.5. The summed E-state index contributed by atoms with van der Waals surface area (Å²) in [7, 11) is 0. The molecule has 0 aliphatic heterocycles. The van der Waals surface area contributed by atoms with Crippen molar-refractivity contribution in [3.63, 3.8) is 0 Å². The van der Waals surface area contributed by atoms with Gasteiger partial charge in [0.25, 0.3) is 0 Å². The Kier molecular flexibility index (Phi) is 2.86. The van der Waals surface area contributed by atoms with E-state index in [1.807, 2.05) is 23.1 Å². The molecule has 3 rings (SSSR count). The zero-order chi connectivity index (χ0) is 11.0. The van der Waals surface area contributed by atoms with Gasteiger partial charge >= 0.3 is 0 Å². The fourth-order valence-corrected chi connectivity index (χ4v) is 4.38. The van der Waals surface area contributed by atoms with E-state index in [2.05, 4.69) is 16.9 Å². The van der Waals surface area contributed by atoms with Crippen molar-refractivity contribution >= 4 is 33.3 Å². The Hall–Kier alpha value is -0.610. The largest absolute Gasteiger partial charge is 0.229 e. The second-order valence-electron chi connectivity index (χ2n) is 4.06. The van der Waals surface area contributed by atoms with Crippen molar-refractivity contribution in [3.8, 4) is 0 Å². The van der Waals surface area contributed by atoms with E-state index in [-0.39, 0.29) is 0 Å². The second kappa shape index (κ2) is 4.34. The minimum Gasteiger partial charge on any atom is -0.229 e. The maximum absolute atomic E-state index is 4.45. The van der Waals surface area contributed by atoms with E-state index < -0.39 is 0 Å². The van der Waals surface area contributed by atoms with Gasteiger partial charge in [0.1, 0.15) is 16.2 Å². The van der Waals surface area contributed by atoms with Crippen LogP contribution >= 0.6 is 23.1 Å². The highest BCUT2D eigenvalue weighted by atomic mass is 32.2. The average molecular weight is 250 g/mol. The van der Waals surface area contributed by atoms with E-state index in [4.69, 9.17) is 0 Å². The molecule has 2 nitrogen and oxygen atoms in total. The highest BCUT2D eigenvalue weighted by Gasteiger charge is 2.20. The van der Waals surface area contributed by atoms with E-state index in [1.54, 1.807) is 16.8 Å². The fraction of sp³-hybridized carbons (Fsp3) is 0.500. The highest BCUT2D eigenvalue weighted by Crippen LogP contribution is 2.39. The quantitative estimate of drug-likeness (QED) is 0.614. The third kappa shape index (κ3) is 1.64. The zero-order valence-electron chi connectivity index (χ0n) is 9.32. The summed E-state index contributed by atoms with van der Waals surface area (Å²) >= 11 is 3.75. The summed E-state index contributed by atoms with van der Waals surface area (Å²) in [5, 5.41) is 2.56. The molecule has 0 N–H and O–H groups in total. The molecule has 0 fully saturated rings. The molecule has 2 aromatic heterocycles. The summed E-state index contributed by atoms with van der Waals surface area (Å²) in [4.78, 5) is 11.6. The van der Waals surface area contributed by atoms with Crippen LogP contribution in [0, 0.1) is 0 Å². The first-order valence-electron chi connectivity index (χ1n) is 5.78. The van der Waals surface area contributed by atoms with Crippen LogP contribution in [0.25, 0.3) is 10.2 Å². The summed E-state index contributed by atoms with van der Waals surface area (Å²) < 4.78 is 0. The van der Waals surface area contributed by atoms with Crippen LogP contribution in [0.2, 0.25) is 0 Å². The molecule has 0 spiro atoms. The lowest BCUT2D eigenvalue weighted by Crippen LogP contribution is -1.87. The van der Waals surface area contributed by atoms with Gasteiger partial charge in [-0.1, -0.05) is 6.92 Å². The van der Waals surface area contributed by atoms with Gasteiger partial charge in [-0.3, -0.25) is 0 Å². The van der Waals surface area contributed by atoms with Crippen molar-refractivity contribution in [1.82, 2.24) is 9.97 Å². The maximum atomic E-state index is 4.45. The SMILES string of the molecule is CCCSc1ncnc2sc3c(c12)CCC3. The summed E-state index contributed by atoms with van der Waals surface area (Å²) in [6, 6.07) is 0. The molecule has 0 bridgehead atoms. The van der Waals surface area contributed by atoms with Gasteiger partial charge in [-0.2, -0.15) is 0 Å². The number of hydrogen-bond acceptors (Lipinski definition) is 4. The molecule has 1 aliphatic rings. The topological polar surface area (TPSA) is 25.8 Å². The number of rotatable bonds is 3. The van der Waals surface area contributed by atoms with Gasteiger partial charge in [0.15, 0.2) is 0 Å². The Bertz CT molecular complexity index is 519. The van der Waals surface area contributed by atoms with Gasteiger partial charge in [-0.25, -0.2) is 9.97 Å². The van der Waals surface area contributed by atoms with Crippen LogP contribution < -0.4 is 0 Å². The molecule has 4 heteroatoms. The zero-order valence-corrected chi connectivity index (χ0v) is 11.0. The number of aryl methyl sites for hydroxylation is 2. The number of thiophene rings is 1. The third-order valence-corrected chi connectivity index (χ3v) is 5.30. The smallest absolute Gasteiger partial charge is 0.128 e. The Labute approximate surface area is 103 Å². The van der Waals surface area contributed by atoms with E-state index in [1.165, 1.54) is 40.9 Å². The molecule has 2 heterocycles. The predicted molar refractivity (Wildman–Crippen MR) is 70.5 cm³/mol. The Morgan fingerprint density at radius 2 is 2.31 bits per heavy atom. The first-order chi connectivity index (χ1) is 7.90. The minimum absolute atomic E-state index is 1.15. The van der Waals surface area contributed by atoms with Crippen LogP contribution in [0.15, 0.2) is 11.4 Å². The third-order valence-electron chi connectivity index (χ3n) is 2.91. The van der Waals surface area contributed by atoms with Crippen molar-refractivity contribution in [2.75, 3.05) is 5.75 Å². The van der Waals surface area contributed by atoms with Crippen molar-refractivity contribution < 1.29 is 0 Å². The molecule has 0 saturated carbocycles. The number of fused-ring (bicyclic) bond motifs is 3. The molecular weight excluding hydrogens is 236 g/mol. The molecule has 0 unspecified atom stereocenters. The van der Waals surface area contributed by atoms with Gasteiger partial charge in [-0.15, -0.1) is 23.1 Å². The van der Waals surface area contributed by atoms with Crippen LogP contribution in [-0.4, -0.2) is 15.7 Å². The molecule has 0 aromatic carbocycles. The van der Waals surface area contributed by atoms with Gasteiger partial charge in [0, 0.05) is 10.3 Å². The molecule has 0 radical (unpaired) electrons. The van der Waals surface area contributed by atoms with Crippen LogP contribution in [0.1, 0.15) is 30.2 Å². The number of thioether (sulfide) groups is 1. The van der Waals surface area contributed by atoms with E-state index in [0.29, 0.717) is 0 Å². The molecular formula is C12H14N2S2. The molecule has 2 aromatic rings. The van der Waals surface area contributed by atoms with Gasteiger partial charge in [0.2, 0.25) is 0 Å². The lowest BCUT2D eigenvalue weighted by Gasteiger charge is -2.01. The van der Waals surface area contributed by atoms with E-state index >= 15 is 0 Å². The molecule has 84 valence electrons. The molecule has 16 heavy (non-hydrogen) atoms. The van der Waals surface area contributed by atoms with E-state index in [0.717, 1.165) is 5.75 Å². The van der Waals surface area contributed by atoms with Crippen molar-refractivity contribution in [2.24, 2.45) is 0 Å². The highest BCUT2D eigenvalue weighted by molar-refractivity contribution is 7.99. The predicted octanol–water partition coefficient (Wildman–Crippen LogP) is 3.68. The first-order valence-corrected chi connectivity index (χ1v) is 7.58. The molecule has 0 amide bonds. The number of nitrogens with zero attached hydrogens (tertiary/aromatic N) is 2. The molecule has 0 saturated heterocycles. The van der Waals surface area contributed by atoms with E-state index in [9.17, 15) is 0 Å². The van der Waals surface area contributed by atoms with Gasteiger partial charge < -0.3 is 0 Å². The van der Waals surface area contributed by atoms with Crippen LogP contribution in [0.5, 0.6) is 0 Å². The van der Waals surface area contributed by atoms with Crippen LogP contribution in [0.3, 0.4) is 0 Å². The summed E-state index contributed by atoms with van der Waals surface area (Å²) in [5.74, 6) is 1.15. The van der Waals surface area contributed by atoms with Crippen molar-refractivity contribution in [1.29, 1.82) is 0 Å².